The molecule has 1 fully saturated rings. The maximum atomic E-state index is 13.7. The lowest BCUT2D eigenvalue weighted by molar-refractivity contribution is -0.190. The van der Waals surface area contributed by atoms with Gasteiger partial charge in [0, 0.05) is 6.42 Å². The summed E-state index contributed by atoms with van der Waals surface area (Å²) in [6.07, 6.45) is 1.46. The molecular weight excluding hydrogens is 443 g/mol. The smallest absolute Gasteiger partial charge is 0.392 e. The highest BCUT2D eigenvalue weighted by Gasteiger charge is 2.47. The number of amides is 1. The van der Waals surface area contributed by atoms with Gasteiger partial charge in [0.05, 0.1) is 22.5 Å². The number of carboxylic acids is 1. The Balaban J connectivity index is 2.26. The van der Waals surface area contributed by atoms with Crippen molar-refractivity contribution in [1.82, 2.24) is 0 Å². The second-order valence-electron chi connectivity index (χ2n) is 9.13. The molecule has 0 heterocycles. The Morgan fingerprint density at radius 2 is 1.78 bits per heavy atom. The minimum atomic E-state index is -4.49. The summed E-state index contributed by atoms with van der Waals surface area (Å²) < 4.78 is 41.2. The van der Waals surface area contributed by atoms with Crippen LogP contribution in [0, 0.1) is 23.7 Å². The van der Waals surface area contributed by atoms with Crippen LogP contribution in [0.4, 0.5) is 18.9 Å². The van der Waals surface area contributed by atoms with Gasteiger partial charge in [0.25, 0.3) is 0 Å². The van der Waals surface area contributed by atoms with Crippen molar-refractivity contribution in [2.45, 2.75) is 77.8 Å². The average molecular weight is 476 g/mol. The second-order valence-corrected chi connectivity index (χ2v) is 9.54. The number of halogens is 4. The number of hydrogen-bond acceptors (Lipinski definition) is 2. The van der Waals surface area contributed by atoms with Crippen LogP contribution in [0.2, 0.25) is 5.02 Å². The molecule has 1 aliphatic rings. The first-order valence-corrected chi connectivity index (χ1v) is 11.7. The zero-order valence-electron chi connectivity index (χ0n) is 18.7. The van der Waals surface area contributed by atoms with E-state index in [1.165, 1.54) is 6.07 Å². The van der Waals surface area contributed by atoms with Gasteiger partial charge in [-0.2, -0.15) is 13.2 Å². The summed E-state index contributed by atoms with van der Waals surface area (Å²) in [4.78, 5) is 24.0. The normalized spacial score (nSPS) is 22.2. The highest BCUT2D eigenvalue weighted by molar-refractivity contribution is 6.33. The Morgan fingerprint density at radius 3 is 2.44 bits per heavy atom. The molecule has 0 aliphatic heterocycles. The molecule has 2 N–H and O–H groups in total. The van der Waals surface area contributed by atoms with E-state index in [4.69, 9.17) is 16.7 Å². The first-order chi connectivity index (χ1) is 15.0. The van der Waals surface area contributed by atoms with Crippen molar-refractivity contribution in [3.8, 4) is 0 Å². The molecule has 2 rings (SSSR count). The van der Waals surface area contributed by atoms with Crippen LogP contribution in [0.25, 0.3) is 0 Å². The number of anilines is 1. The molecule has 1 aromatic rings. The number of aryl methyl sites for hydroxylation is 1. The van der Waals surface area contributed by atoms with E-state index in [-0.39, 0.29) is 29.5 Å². The van der Waals surface area contributed by atoms with E-state index in [0.29, 0.717) is 24.3 Å². The van der Waals surface area contributed by atoms with Gasteiger partial charge in [-0.1, -0.05) is 63.6 Å². The van der Waals surface area contributed by atoms with Crippen molar-refractivity contribution in [2.24, 2.45) is 23.7 Å². The van der Waals surface area contributed by atoms with Gasteiger partial charge in [-0.3, -0.25) is 9.59 Å². The summed E-state index contributed by atoms with van der Waals surface area (Å²) in [5, 5.41) is 11.7. The number of carboxylic acid groups (broad SMARTS) is 1. The third kappa shape index (κ3) is 7.98. The molecule has 0 aromatic heterocycles. The number of carbonyl (C=O) groups excluding carboxylic acids is 1. The van der Waals surface area contributed by atoms with Crippen LogP contribution in [0.3, 0.4) is 0 Å². The maximum Gasteiger partial charge on any atom is 0.392 e. The minimum absolute atomic E-state index is 0.0940. The van der Waals surface area contributed by atoms with Crippen LogP contribution >= 0.6 is 11.6 Å². The predicted molar refractivity (Wildman–Crippen MR) is 120 cm³/mol. The third-order valence-corrected chi connectivity index (χ3v) is 6.91. The van der Waals surface area contributed by atoms with Crippen molar-refractivity contribution in [3.05, 3.63) is 28.8 Å². The minimum Gasteiger partial charge on any atom is -0.481 e. The van der Waals surface area contributed by atoms with Crippen LogP contribution in [0.1, 0.15) is 70.8 Å². The standard InChI is InChI=1S/C24H33ClF3NO3/c1-15-6-3-4-8-18(9-5-7-15)22(16(2)24(26,27)28)23(32)29-20-14-17(10-12-19(20)25)11-13-21(30)31/h10,12,14-16,18,22H,3-9,11,13H2,1-2H3,(H,29,32)(H,30,31). The predicted octanol–water partition coefficient (Wildman–Crippen LogP) is 7.11. The van der Waals surface area contributed by atoms with Gasteiger partial charge in [-0.15, -0.1) is 0 Å². The quantitative estimate of drug-likeness (QED) is 0.441. The first kappa shape index (κ1) is 26.5. The topological polar surface area (TPSA) is 66.4 Å². The van der Waals surface area contributed by atoms with Crippen LogP contribution in [0.5, 0.6) is 0 Å². The van der Waals surface area contributed by atoms with Crippen LogP contribution < -0.4 is 5.32 Å². The lowest BCUT2D eigenvalue weighted by Crippen LogP contribution is -2.40. The van der Waals surface area contributed by atoms with Crippen LogP contribution in [-0.4, -0.2) is 23.2 Å². The van der Waals surface area contributed by atoms with Crippen LogP contribution in [-0.2, 0) is 16.0 Å². The zero-order chi connectivity index (χ0) is 23.9. The lowest BCUT2D eigenvalue weighted by atomic mass is 9.76. The Morgan fingerprint density at radius 1 is 1.16 bits per heavy atom. The maximum absolute atomic E-state index is 13.7. The van der Waals surface area contributed by atoms with Gasteiger partial charge < -0.3 is 10.4 Å². The molecule has 1 saturated carbocycles. The number of alkyl halides is 3. The van der Waals surface area contributed by atoms with E-state index < -0.39 is 29.9 Å². The fraction of sp³-hybridized carbons (Fsp3) is 0.667. The molecule has 0 saturated heterocycles. The number of hydrogen-bond donors (Lipinski definition) is 2. The molecule has 4 atom stereocenters. The number of nitrogens with one attached hydrogen (secondary N) is 1. The molecule has 8 heteroatoms. The molecule has 0 bridgehead atoms. The van der Waals surface area contributed by atoms with Gasteiger partial charge in [-0.05, 0) is 48.8 Å². The van der Waals surface area contributed by atoms with Gasteiger partial charge >= 0.3 is 12.1 Å². The zero-order valence-corrected chi connectivity index (χ0v) is 19.4. The van der Waals surface area contributed by atoms with Crippen molar-refractivity contribution in [3.63, 3.8) is 0 Å². The summed E-state index contributed by atoms with van der Waals surface area (Å²) >= 11 is 6.20. The number of carbonyl (C=O) groups is 2. The number of rotatable bonds is 7. The van der Waals surface area contributed by atoms with Gasteiger partial charge in [0.15, 0.2) is 0 Å². The van der Waals surface area contributed by atoms with E-state index in [9.17, 15) is 22.8 Å². The molecule has 1 aromatic carbocycles. The van der Waals surface area contributed by atoms with E-state index in [1.54, 1.807) is 12.1 Å². The molecule has 4 nitrogen and oxygen atoms in total. The number of aliphatic carboxylic acids is 1. The van der Waals surface area contributed by atoms with E-state index in [0.717, 1.165) is 39.0 Å². The van der Waals surface area contributed by atoms with Crippen molar-refractivity contribution >= 4 is 29.2 Å². The SMILES string of the molecule is CC1CCCCC(C(C(=O)Nc2cc(CCC(=O)O)ccc2Cl)C(C)C(F)(F)F)CCC1. The van der Waals surface area contributed by atoms with Crippen molar-refractivity contribution in [2.75, 3.05) is 5.32 Å². The Labute approximate surface area is 192 Å². The fourth-order valence-electron chi connectivity index (χ4n) is 4.62. The highest BCUT2D eigenvalue weighted by Crippen LogP contribution is 2.41. The van der Waals surface area contributed by atoms with Crippen LogP contribution in [0.15, 0.2) is 18.2 Å². The average Bonchev–Trinajstić information content (AvgIpc) is 2.80. The summed E-state index contributed by atoms with van der Waals surface area (Å²) in [6.45, 7) is 3.26. The second kappa shape index (κ2) is 11.9. The molecule has 180 valence electrons. The van der Waals surface area contributed by atoms with E-state index >= 15 is 0 Å². The highest BCUT2D eigenvalue weighted by atomic mass is 35.5. The molecule has 0 spiro atoms. The fourth-order valence-corrected chi connectivity index (χ4v) is 4.78. The molecule has 32 heavy (non-hydrogen) atoms. The Hall–Kier alpha value is -1.76. The summed E-state index contributed by atoms with van der Waals surface area (Å²) in [5.41, 5.74) is 0.861. The molecule has 4 unspecified atom stereocenters. The largest absolute Gasteiger partial charge is 0.481 e. The summed E-state index contributed by atoms with van der Waals surface area (Å²) in [6, 6.07) is 4.72. The van der Waals surface area contributed by atoms with Crippen molar-refractivity contribution in [1.29, 1.82) is 0 Å². The van der Waals surface area contributed by atoms with Gasteiger partial charge in [-0.25, -0.2) is 0 Å². The number of benzene rings is 1. The molecular formula is C24H33ClF3NO3. The first-order valence-electron chi connectivity index (χ1n) is 11.4. The summed E-state index contributed by atoms with van der Waals surface area (Å²) in [5.74, 6) is -4.43. The van der Waals surface area contributed by atoms with Gasteiger partial charge in [0.2, 0.25) is 5.91 Å². The molecule has 1 amide bonds. The monoisotopic (exact) mass is 475 g/mol. The van der Waals surface area contributed by atoms with Gasteiger partial charge in [0.1, 0.15) is 0 Å². The lowest BCUT2D eigenvalue weighted by Gasteiger charge is -2.32. The molecule has 0 radical (unpaired) electrons. The Kier molecular flexibility index (Phi) is 9.86. The Bertz CT molecular complexity index is 784. The summed E-state index contributed by atoms with van der Waals surface area (Å²) in [7, 11) is 0. The molecule has 1 aliphatic carbocycles. The van der Waals surface area contributed by atoms with Crippen molar-refractivity contribution < 1.29 is 27.9 Å². The van der Waals surface area contributed by atoms with E-state index in [2.05, 4.69) is 12.2 Å². The third-order valence-electron chi connectivity index (χ3n) is 6.58. The van der Waals surface area contributed by atoms with E-state index in [1.807, 2.05) is 0 Å².